The van der Waals surface area contributed by atoms with Crippen LogP contribution in [0, 0.1) is 0 Å². The highest BCUT2D eigenvalue weighted by molar-refractivity contribution is 5.89. The molecule has 0 aliphatic heterocycles. The summed E-state index contributed by atoms with van der Waals surface area (Å²) >= 11 is 0. The number of rotatable bonds is 14. The van der Waals surface area contributed by atoms with Gasteiger partial charge in [0.15, 0.2) is 0 Å². The number of carbonyl (C=O) groups excluding carboxylic acids is 2. The Labute approximate surface area is 198 Å². The number of hydrogen-bond acceptors (Lipinski definition) is 3. The standard InChI is InChI=1S/C18H18F15NO3/c1-3-5-6-8-37-10(35)9(7-4-2)34-11(36)12(19,20)13(21,22)14(23,24)15(25,26)16(27,28)17(29,30)18(31,32)33/h4,9H,2-3,5-8H2,1H3,(H,34,36). The van der Waals surface area contributed by atoms with Crippen LogP contribution in [-0.2, 0) is 14.3 Å². The van der Waals surface area contributed by atoms with Crippen molar-refractivity contribution in [2.45, 2.75) is 80.4 Å². The summed E-state index contributed by atoms with van der Waals surface area (Å²) in [5.41, 5.74) is 0. The molecular weight excluding hydrogens is 563 g/mol. The molecule has 1 amide bonds. The third-order valence-electron chi connectivity index (χ3n) is 4.60. The maximum atomic E-state index is 13.9. The van der Waals surface area contributed by atoms with E-state index in [2.05, 4.69) is 11.3 Å². The molecule has 37 heavy (non-hydrogen) atoms. The van der Waals surface area contributed by atoms with E-state index in [-0.39, 0.29) is 6.42 Å². The van der Waals surface area contributed by atoms with Crippen molar-refractivity contribution in [2.75, 3.05) is 6.61 Å². The molecular formula is C18H18F15NO3. The molecule has 4 nitrogen and oxygen atoms in total. The van der Waals surface area contributed by atoms with E-state index in [4.69, 9.17) is 0 Å². The van der Waals surface area contributed by atoms with Gasteiger partial charge in [0.1, 0.15) is 6.04 Å². The minimum absolute atomic E-state index is 0.170. The predicted octanol–water partition coefficient (Wildman–Crippen LogP) is 6.15. The predicted molar refractivity (Wildman–Crippen MR) is 93.0 cm³/mol. The highest BCUT2D eigenvalue weighted by atomic mass is 19.4. The molecule has 1 atom stereocenters. The van der Waals surface area contributed by atoms with Gasteiger partial charge in [0, 0.05) is 0 Å². The Hall–Kier alpha value is -2.37. The van der Waals surface area contributed by atoms with Crippen LogP contribution in [0.2, 0.25) is 0 Å². The van der Waals surface area contributed by atoms with E-state index in [0.717, 1.165) is 0 Å². The smallest absolute Gasteiger partial charge is 0.460 e. The fourth-order valence-electron chi connectivity index (χ4n) is 2.36. The van der Waals surface area contributed by atoms with Crippen molar-refractivity contribution in [1.82, 2.24) is 5.32 Å². The quantitative estimate of drug-likeness (QED) is 0.116. The summed E-state index contributed by atoms with van der Waals surface area (Å²) in [6, 6.07) is -2.39. The van der Waals surface area contributed by atoms with Gasteiger partial charge in [-0.1, -0.05) is 25.8 Å². The second-order valence-corrected chi connectivity index (χ2v) is 7.37. The minimum Gasteiger partial charge on any atom is -0.464 e. The van der Waals surface area contributed by atoms with Gasteiger partial charge in [-0.05, 0) is 12.8 Å². The molecule has 0 aromatic heterocycles. The van der Waals surface area contributed by atoms with Gasteiger partial charge in [0.2, 0.25) is 0 Å². The van der Waals surface area contributed by atoms with Crippen molar-refractivity contribution >= 4 is 11.9 Å². The molecule has 0 heterocycles. The lowest BCUT2D eigenvalue weighted by Crippen LogP contribution is -2.74. The van der Waals surface area contributed by atoms with Crippen LogP contribution in [0.15, 0.2) is 12.7 Å². The number of halogens is 15. The zero-order valence-corrected chi connectivity index (χ0v) is 18.3. The van der Waals surface area contributed by atoms with Crippen molar-refractivity contribution in [1.29, 1.82) is 0 Å². The highest BCUT2D eigenvalue weighted by Crippen LogP contribution is 2.62. The molecule has 0 aromatic carbocycles. The van der Waals surface area contributed by atoms with Crippen molar-refractivity contribution in [2.24, 2.45) is 0 Å². The van der Waals surface area contributed by atoms with Gasteiger partial charge in [0.25, 0.3) is 5.91 Å². The van der Waals surface area contributed by atoms with Gasteiger partial charge in [-0.25, -0.2) is 4.79 Å². The summed E-state index contributed by atoms with van der Waals surface area (Å²) in [6.45, 7) is 4.27. The van der Waals surface area contributed by atoms with Crippen molar-refractivity contribution < 1.29 is 80.2 Å². The van der Waals surface area contributed by atoms with Crippen LogP contribution in [0.3, 0.4) is 0 Å². The second kappa shape index (κ2) is 11.2. The molecule has 0 aliphatic carbocycles. The number of alkyl halides is 15. The molecule has 0 aliphatic rings. The third-order valence-corrected chi connectivity index (χ3v) is 4.60. The number of hydrogen-bond donors (Lipinski definition) is 1. The Morgan fingerprint density at radius 3 is 1.59 bits per heavy atom. The van der Waals surface area contributed by atoms with E-state index in [9.17, 15) is 75.4 Å². The number of ether oxygens (including phenoxy) is 1. The van der Waals surface area contributed by atoms with Crippen LogP contribution in [-0.4, -0.2) is 66.2 Å². The summed E-state index contributed by atoms with van der Waals surface area (Å²) in [7, 11) is 0. The van der Waals surface area contributed by atoms with Gasteiger partial charge in [0.05, 0.1) is 6.61 Å². The zero-order chi connectivity index (χ0) is 29.9. The van der Waals surface area contributed by atoms with Crippen LogP contribution in [0.25, 0.3) is 0 Å². The van der Waals surface area contributed by atoms with Crippen molar-refractivity contribution in [3.8, 4) is 0 Å². The molecule has 1 unspecified atom stereocenters. The van der Waals surface area contributed by atoms with E-state index in [0.29, 0.717) is 24.2 Å². The summed E-state index contributed by atoms with van der Waals surface area (Å²) in [5.74, 6) is -54.0. The average molecular weight is 581 g/mol. The second-order valence-electron chi connectivity index (χ2n) is 7.37. The third kappa shape index (κ3) is 6.04. The molecule has 19 heteroatoms. The van der Waals surface area contributed by atoms with E-state index in [1.165, 1.54) is 0 Å². The molecule has 0 saturated carbocycles. The molecule has 0 rings (SSSR count). The average Bonchev–Trinajstić information content (AvgIpc) is 2.74. The van der Waals surface area contributed by atoms with Crippen LogP contribution in [0.4, 0.5) is 65.9 Å². The first-order valence-corrected chi connectivity index (χ1v) is 9.74. The number of nitrogens with one attached hydrogen (secondary N) is 1. The van der Waals surface area contributed by atoms with Gasteiger partial charge < -0.3 is 10.1 Å². The largest absolute Gasteiger partial charge is 0.464 e. The summed E-state index contributed by atoms with van der Waals surface area (Å²) in [6.07, 6.45) is -6.76. The van der Waals surface area contributed by atoms with Crippen molar-refractivity contribution in [3.63, 3.8) is 0 Å². The fraction of sp³-hybridized carbons (Fsp3) is 0.778. The topological polar surface area (TPSA) is 55.4 Å². The number of carbonyl (C=O) groups is 2. The Kier molecular flexibility index (Phi) is 10.5. The lowest BCUT2D eigenvalue weighted by Gasteiger charge is -2.41. The molecule has 1 N–H and O–H groups in total. The van der Waals surface area contributed by atoms with E-state index >= 15 is 0 Å². The zero-order valence-electron chi connectivity index (χ0n) is 18.3. The molecule has 218 valence electrons. The molecule has 0 bridgehead atoms. The fourth-order valence-corrected chi connectivity index (χ4v) is 2.36. The highest BCUT2D eigenvalue weighted by Gasteiger charge is 2.94. The van der Waals surface area contributed by atoms with Gasteiger partial charge >= 0.3 is 47.7 Å². The van der Waals surface area contributed by atoms with Crippen LogP contribution < -0.4 is 5.32 Å². The Bertz CT molecular complexity index is 824. The van der Waals surface area contributed by atoms with Gasteiger partial charge in [-0.15, -0.1) is 6.58 Å². The first-order valence-electron chi connectivity index (χ1n) is 9.74. The normalized spacial score (nSPS) is 15.2. The van der Waals surface area contributed by atoms with Crippen LogP contribution in [0.5, 0.6) is 0 Å². The van der Waals surface area contributed by atoms with Gasteiger partial charge in [-0.2, -0.15) is 65.9 Å². The lowest BCUT2D eigenvalue weighted by atomic mass is 9.90. The first kappa shape index (κ1) is 34.6. The maximum Gasteiger partial charge on any atom is 0.460 e. The maximum absolute atomic E-state index is 13.9. The summed E-state index contributed by atoms with van der Waals surface area (Å²) in [4.78, 5) is 23.4. The Balaban J connectivity index is 6.26. The van der Waals surface area contributed by atoms with Gasteiger partial charge in [-0.3, -0.25) is 4.79 Å². The Morgan fingerprint density at radius 1 is 0.757 bits per heavy atom. The number of esters is 1. The summed E-state index contributed by atoms with van der Waals surface area (Å²) in [5, 5.41) is 0.713. The van der Waals surface area contributed by atoms with Crippen LogP contribution in [0.1, 0.15) is 32.6 Å². The molecule has 0 radical (unpaired) electrons. The van der Waals surface area contributed by atoms with E-state index in [1.807, 2.05) is 0 Å². The monoisotopic (exact) mass is 581 g/mol. The van der Waals surface area contributed by atoms with E-state index < -0.39 is 72.7 Å². The first-order chi connectivity index (χ1) is 16.3. The van der Waals surface area contributed by atoms with Crippen molar-refractivity contribution in [3.05, 3.63) is 12.7 Å². The molecule has 0 fully saturated rings. The SMILES string of the molecule is C=CCC(NC(=O)C(F)(F)C(F)(F)C(F)(F)C(F)(F)C(F)(F)C(F)(F)C(F)(F)F)C(=O)OCCCCC. The number of unbranched alkanes of at least 4 members (excludes halogenated alkanes) is 2. The Morgan fingerprint density at radius 2 is 1.19 bits per heavy atom. The molecule has 0 spiro atoms. The lowest BCUT2D eigenvalue weighted by molar-refractivity contribution is -0.449. The summed E-state index contributed by atoms with van der Waals surface area (Å²) < 4.78 is 203. The van der Waals surface area contributed by atoms with Crippen LogP contribution >= 0.6 is 0 Å². The molecule has 0 saturated heterocycles. The number of amides is 1. The molecule has 0 aromatic rings. The van der Waals surface area contributed by atoms with E-state index in [1.54, 1.807) is 6.92 Å². The minimum atomic E-state index is -8.52.